The summed E-state index contributed by atoms with van der Waals surface area (Å²) in [4.78, 5) is 12.5. The van der Waals surface area contributed by atoms with Crippen LogP contribution in [0.5, 0.6) is 0 Å². The largest absolute Gasteiger partial charge is 0.492 e. The van der Waals surface area contributed by atoms with Crippen LogP contribution in [-0.2, 0) is 25.3 Å². The van der Waals surface area contributed by atoms with Gasteiger partial charge in [-0.1, -0.05) is 6.08 Å². The molecule has 3 unspecified atom stereocenters. The molecule has 1 heterocycles. The molecule has 0 saturated carbocycles. The van der Waals surface area contributed by atoms with Crippen molar-refractivity contribution in [2.24, 2.45) is 0 Å². The van der Waals surface area contributed by atoms with Crippen molar-refractivity contribution in [3.8, 4) is 0 Å². The summed E-state index contributed by atoms with van der Waals surface area (Å²) in [6.45, 7) is 6.35. The minimum Gasteiger partial charge on any atom is -0.492 e. The van der Waals surface area contributed by atoms with E-state index in [0.717, 1.165) is 22.7 Å². The molecule has 3 rings (SSSR count). The summed E-state index contributed by atoms with van der Waals surface area (Å²) >= 11 is 0. The van der Waals surface area contributed by atoms with E-state index in [1.807, 2.05) is 39.0 Å². The number of carbonyl (C=O) groups excluding carboxylic acids is 1. The predicted molar refractivity (Wildman–Crippen MR) is 101 cm³/mol. The summed E-state index contributed by atoms with van der Waals surface area (Å²) in [5.41, 5.74) is 2.45. The molecule has 2 N–H and O–H groups in total. The molecule has 0 bridgehead atoms. The first-order chi connectivity index (χ1) is 12.4. The highest BCUT2D eigenvalue weighted by Crippen LogP contribution is 2.27. The minimum atomic E-state index is -1.09. The van der Waals surface area contributed by atoms with Gasteiger partial charge in [-0.2, -0.15) is 0 Å². The van der Waals surface area contributed by atoms with Crippen LogP contribution in [0.1, 0.15) is 40.0 Å². The van der Waals surface area contributed by atoms with Gasteiger partial charge in [-0.25, -0.2) is 4.21 Å². The molecule has 0 aromatic carbocycles. The van der Waals surface area contributed by atoms with Gasteiger partial charge in [0.05, 0.1) is 6.10 Å². The summed E-state index contributed by atoms with van der Waals surface area (Å²) in [6, 6.07) is 0. The Hall–Kier alpha value is -1.86. The average Bonchev–Trinajstić information content (AvgIpc) is 2.61. The van der Waals surface area contributed by atoms with E-state index in [2.05, 4.69) is 10.0 Å². The maximum atomic E-state index is 12.5. The molecule has 2 aliphatic carbocycles. The van der Waals surface area contributed by atoms with Gasteiger partial charge in [0, 0.05) is 28.6 Å². The first kappa shape index (κ1) is 18.9. The van der Waals surface area contributed by atoms with Gasteiger partial charge in [-0.3, -0.25) is 4.79 Å². The van der Waals surface area contributed by atoms with Crippen molar-refractivity contribution in [2.75, 3.05) is 6.61 Å². The zero-order valence-electron chi connectivity index (χ0n) is 15.4. The molecule has 142 valence electrons. The molecule has 0 aromatic heterocycles. The van der Waals surface area contributed by atoms with Crippen LogP contribution in [-0.4, -0.2) is 34.2 Å². The number of rotatable bonds is 5. The first-order valence-electron chi connectivity index (χ1n) is 8.99. The van der Waals surface area contributed by atoms with Gasteiger partial charge in [0.15, 0.2) is 0 Å². The Labute approximate surface area is 157 Å². The molecule has 0 spiro atoms. The van der Waals surface area contributed by atoms with E-state index >= 15 is 0 Å². The average molecular weight is 378 g/mol. The number of allylic oxidation sites excluding steroid dienone is 5. The van der Waals surface area contributed by atoms with Crippen LogP contribution < -0.4 is 10.0 Å². The van der Waals surface area contributed by atoms with E-state index in [9.17, 15) is 9.00 Å². The number of amides is 1. The van der Waals surface area contributed by atoms with Gasteiger partial charge >= 0.3 is 0 Å². The van der Waals surface area contributed by atoms with Crippen molar-refractivity contribution in [1.82, 2.24) is 10.0 Å². The molecular weight excluding hydrogens is 352 g/mol. The number of hydrogen-bond acceptors (Lipinski definition) is 4. The zero-order valence-corrected chi connectivity index (χ0v) is 16.2. The highest BCUT2D eigenvalue weighted by atomic mass is 32.2. The minimum absolute atomic E-state index is 0.0504. The maximum Gasteiger partial charge on any atom is 0.251 e. The molecule has 26 heavy (non-hydrogen) atoms. The summed E-state index contributed by atoms with van der Waals surface area (Å²) < 4.78 is 26.4. The van der Waals surface area contributed by atoms with Gasteiger partial charge in [0.25, 0.3) is 5.91 Å². The van der Waals surface area contributed by atoms with Crippen LogP contribution in [0, 0.1) is 0 Å². The molecule has 3 aliphatic rings. The topological polar surface area (TPSA) is 76.7 Å². The fourth-order valence-corrected chi connectivity index (χ4v) is 3.59. The number of fused-ring (bicyclic) bond motifs is 1. The Balaban J connectivity index is 1.58. The number of carbonyl (C=O) groups is 1. The Kier molecular flexibility index (Phi) is 5.98. The normalized spacial score (nSPS) is 26.5. The molecule has 7 heteroatoms. The fourth-order valence-electron chi connectivity index (χ4n) is 2.93. The van der Waals surface area contributed by atoms with Gasteiger partial charge in [-0.05, 0) is 51.8 Å². The predicted octanol–water partition coefficient (Wildman–Crippen LogP) is 2.34. The van der Waals surface area contributed by atoms with E-state index in [-0.39, 0.29) is 23.4 Å². The van der Waals surface area contributed by atoms with Crippen molar-refractivity contribution in [3.63, 3.8) is 0 Å². The first-order valence-corrected chi connectivity index (χ1v) is 10.2. The van der Waals surface area contributed by atoms with Crippen LogP contribution in [0.15, 0.2) is 47.0 Å². The van der Waals surface area contributed by atoms with E-state index < -0.39 is 11.0 Å². The van der Waals surface area contributed by atoms with Crippen molar-refractivity contribution in [3.05, 3.63) is 47.0 Å². The van der Waals surface area contributed by atoms with E-state index in [4.69, 9.17) is 9.47 Å². The van der Waals surface area contributed by atoms with Crippen molar-refractivity contribution in [1.29, 1.82) is 0 Å². The molecule has 1 saturated heterocycles. The van der Waals surface area contributed by atoms with Crippen LogP contribution in [0.25, 0.3) is 0 Å². The lowest BCUT2D eigenvalue weighted by Gasteiger charge is -2.33. The molecular formula is C19H26N2O4S. The zero-order chi connectivity index (χ0) is 18.7. The lowest BCUT2D eigenvalue weighted by molar-refractivity contribution is -0.117. The molecule has 1 amide bonds. The Morgan fingerprint density at radius 3 is 2.65 bits per heavy atom. The smallest absolute Gasteiger partial charge is 0.251 e. The third kappa shape index (κ3) is 4.65. The summed E-state index contributed by atoms with van der Waals surface area (Å²) in [6.07, 6.45) is 9.21. The monoisotopic (exact) mass is 378 g/mol. The summed E-state index contributed by atoms with van der Waals surface area (Å²) in [5, 5.41) is 3.02. The third-order valence-corrected chi connectivity index (χ3v) is 5.75. The molecule has 1 fully saturated rings. The van der Waals surface area contributed by atoms with Crippen LogP contribution >= 0.6 is 0 Å². The molecule has 6 nitrogen and oxygen atoms in total. The second kappa shape index (κ2) is 8.22. The van der Waals surface area contributed by atoms with Crippen molar-refractivity contribution >= 4 is 16.9 Å². The van der Waals surface area contributed by atoms with E-state index in [0.29, 0.717) is 25.9 Å². The van der Waals surface area contributed by atoms with E-state index in [1.54, 1.807) is 6.08 Å². The number of hydrogen-bond donors (Lipinski definition) is 2. The standard InChI is InChI=1S/C19H26N2O4S/c1-12(2)26(23)21-15-6-4-14(5-7-15)19(22)20-16-8-9-17-18(10-16)25-13(3)11-24-17/h4,6,8-9,12-13,18,21H,5,7,10-11H2,1-3H3,(H,20,22). The fraction of sp³-hybridized carbons (Fsp3) is 0.526. The Morgan fingerprint density at radius 2 is 1.96 bits per heavy atom. The summed E-state index contributed by atoms with van der Waals surface area (Å²) in [7, 11) is -1.09. The highest BCUT2D eigenvalue weighted by molar-refractivity contribution is 7.83. The SMILES string of the molecule is CC1COC2=CC=C(NC(=O)C3=CC=C(NS(=O)C(C)C)CC3)CC2O1. The van der Waals surface area contributed by atoms with Crippen molar-refractivity contribution < 1.29 is 18.5 Å². The van der Waals surface area contributed by atoms with Gasteiger partial charge in [0.2, 0.25) is 0 Å². The molecule has 3 atom stereocenters. The second-order valence-electron chi connectivity index (χ2n) is 7.00. The number of ether oxygens (including phenoxy) is 2. The highest BCUT2D eigenvalue weighted by Gasteiger charge is 2.29. The van der Waals surface area contributed by atoms with Crippen LogP contribution in [0.2, 0.25) is 0 Å². The van der Waals surface area contributed by atoms with Crippen LogP contribution in [0.3, 0.4) is 0 Å². The lowest BCUT2D eigenvalue weighted by Crippen LogP contribution is -2.37. The Bertz CT molecular complexity index is 721. The third-order valence-electron chi connectivity index (χ3n) is 4.43. The molecule has 1 aliphatic heterocycles. The summed E-state index contributed by atoms with van der Waals surface area (Å²) in [5.74, 6) is 0.730. The quantitative estimate of drug-likeness (QED) is 0.770. The van der Waals surface area contributed by atoms with Gasteiger partial charge in [-0.15, -0.1) is 0 Å². The number of nitrogens with one attached hydrogen (secondary N) is 2. The second-order valence-corrected chi connectivity index (χ2v) is 8.74. The van der Waals surface area contributed by atoms with Gasteiger partial charge in [0.1, 0.15) is 29.5 Å². The van der Waals surface area contributed by atoms with Crippen molar-refractivity contribution in [2.45, 2.75) is 57.5 Å². The molecule has 0 radical (unpaired) electrons. The van der Waals surface area contributed by atoms with Gasteiger partial charge < -0.3 is 19.5 Å². The van der Waals surface area contributed by atoms with Crippen LogP contribution in [0.4, 0.5) is 0 Å². The van der Waals surface area contributed by atoms with E-state index in [1.165, 1.54) is 0 Å². The Morgan fingerprint density at radius 1 is 1.19 bits per heavy atom. The lowest BCUT2D eigenvalue weighted by atomic mass is 10.0. The molecule has 0 aromatic rings. The maximum absolute atomic E-state index is 12.5.